The lowest BCUT2D eigenvalue weighted by Crippen LogP contribution is -2.64. The smallest absolute Gasteiger partial charge is 0.387 e. The van der Waals surface area contributed by atoms with Gasteiger partial charge in [0.25, 0.3) is 0 Å². The molecule has 0 aromatic rings. The van der Waals surface area contributed by atoms with Gasteiger partial charge in [0.05, 0.1) is 18.8 Å². The minimum Gasteiger partial charge on any atom is -0.387 e. The van der Waals surface area contributed by atoms with Crippen molar-refractivity contribution in [2.24, 2.45) is 0 Å². The molecule has 9 atom stereocenters. The molecule has 1 fully saturated rings. The molecule has 13 heteroatoms. The predicted molar refractivity (Wildman–Crippen MR) is 246 cm³/mol. The summed E-state index contributed by atoms with van der Waals surface area (Å²) < 4.78 is 22.9. The standard InChI is InChI=1S/C48H94NO11P/c1-3-5-7-9-11-13-15-17-19-20-21-22-23-24-26-28-30-32-34-36-38-42(51)49-40(39-59-61(57,58)60-48-46(55)44(53)43(52)45(54)47(48)56)41(50)37-35-33-31-29-27-25-18-16-14-12-10-8-6-4-2/h35,37,40-41,43-48,50,52-56H,3-34,36,38-39H2,1-2H3,(H,49,51)(H,57,58)/b37-35+/t40-,41+,43?,44+,45?,46?,47?,48?/m0/s1. The molecule has 0 aromatic heterocycles. The molecule has 6 unspecified atom stereocenters. The van der Waals surface area contributed by atoms with E-state index in [9.17, 15) is 44.9 Å². The van der Waals surface area contributed by atoms with E-state index in [0.29, 0.717) is 6.42 Å². The van der Waals surface area contributed by atoms with Crippen LogP contribution in [0.15, 0.2) is 12.2 Å². The second-order valence-electron chi connectivity index (χ2n) is 18.0. The summed E-state index contributed by atoms with van der Waals surface area (Å²) in [4.78, 5) is 23.4. The molecule has 0 saturated heterocycles. The first kappa shape index (κ1) is 58.1. The minimum atomic E-state index is -5.08. The van der Waals surface area contributed by atoms with Crippen molar-refractivity contribution < 1.29 is 53.9 Å². The van der Waals surface area contributed by atoms with E-state index in [2.05, 4.69) is 19.2 Å². The van der Waals surface area contributed by atoms with Crippen molar-refractivity contribution in [3.8, 4) is 0 Å². The third-order valence-electron chi connectivity index (χ3n) is 12.3. The Morgan fingerprint density at radius 3 is 1.25 bits per heavy atom. The monoisotopic (exact) mass is 892 g/mol. The van der Waals surface area contributed by atoms with Crippen LogP contribution in [0.2, 0.25) is 0 Å². The molecule has 1 aliphatic carbocycles. The molecule has 12 nitrogen and oxygen atoms in total. The van der Waals surface area contributed by atoms with Gasteiger partial charge in [0, 0.05) is 6.42 Å². The molecule has 0 aliphatic heterocycles. The van der Waals surface area contributed by atoms with Gasteiger partial charge in [-0.2, -0.15) is 0 Å². The first-order chi connectivity index (χ1) is 29.4. The van der Waals surface area contributed by atoms with E-state index in [1.807, 2.05) is 6.08 Å². The molecule has 61 heavy (non-hydrogen) atoms. The molecule has 1 saturated carbocycles. The van der Waals surface area contributed by atoms with Crippen LogP contribution < -0.4 is 5.32 Å². The van der Waals surface area contributed by atoms with Crippen LogP contribution in [0, 0.1) is 0 Å². The van der Waals surface area contributed by atoms with Crippen LogP contribution in [0.3, 0.4) is 0 Å². The molecule has 0 radical (unpaired) electrons. The van der Waals surface area contributed by atoms with Crippen molar-refractivity contribution in [3.63, 3.8) is 0 Å². The highest BCUT2D eigenvalue weighted by molar-refractivity contribution is 7.47. The summed E-state index contributed by atoms with van der Waals surface area (Å²) in [6.07, 6.45) is 31.4. The van der Waals surface area contributed by atoms with Crippen LogP contribution in [0.4, 0.5) is 0 Å². The predicted octanol–water partition coefficient (Wildman–Crippen LogP) is 10.0. The number of allylic oxidation sites excluding steroid dienone is 1. The van der Waals surface area contributed by atoms with Crippen LogP contribution >= 0.6 is 7.82 Å². The van der Waals surface area contributed by atoms with Crippen LogP contribution in [0.25, 0.3) is 0 Å². The van der Waals surface area contributed by atoms with Gasteiger partial charge in [-0.25, -0.2) is 4.57 Å². The second-order valence-corrected chi connectivity index (χ2v) is 19.4. The Kier molecular flexibility index (Phi) is 36.5. The number of rotatable bonds is 42. The summed E-state index contributed by atoms with van der Waals surface area (Å²) >= 11 is 0. The fraction of sp³-hybridized carbons (Fsp3) is 0.938. The van der Waals surface area contributed by atoms with Gasteiger partial charge < -0.3 is 40.8 Å². The fourth-order valence-corrected chi connectivity index (χ4v) is 9.17. The molecule has 8 N–H and O–H groups in total. The number of nitrogens with one attached hydrogen (secondary N) is 1. The molecule has 1 aliphatic rings. The summed E-state index contributed by atoms with van der Waals surface area (Å²) in [5.41, 5.74) is 0. The Hall–Kier alpha value is -0.920. The average molecular weight is 892 g/mol. The molecule has 362 valence electrons. The van der Waals surface area contributed by atoms with Crippen molar-refractivity contribution in [1.82, 2.24) is 5.32 Å². The van der Waals surface area contributed by atoms with Gasteiger partial charge in [0.15, 0.2) is 0 Å². The Labute approximate surface area is 371 Å². The minimum absolute atomic E-state index is 0.219. The Bertz CT molecular complexity index is 1080. The number of carbonyl (C=O) groups is 1. The zero-order valence-corrected chi connectivity index (χ0v) is 39.6. The van der Waals surface area contributed by atoms with Crippen molar-refractivity contribution in [1.29, 1.82) is 0 Å². The first-order valence-corrected chi connectivity index (χ1v) is 26.6. The van der Waals surface area contributed by atoms with Gasteiger partial charge in [-0.3, -0.25) is 13.8 Å². The molecule has 0 aromatic carbocycles. The first-order valence-electron chi connectivity index (χ1n) is 25.1. The number of phosphoric ester groups is 1. The molecule has 0 bridgehead atoms. The number of carbonyl (C=O) groups excluding carboxylic acids is 1. The van der Waals surface area contributed by atoms with Gasteiger partial charge >= 0.3 is 7.82 Å². The topological polar surface area (TPSA) is 206 Å². The van der Waals surface area contributed by atoms with E-state index < -0.39 is 63.2 Å². The molecular formula is C48H94NO11P. The van der Waals surface area contributed by atoms with Gasteiger partial charge in [-0.05, 0) is 19.3 Å². The summed E-state index contributed by atoms with van der Waals surface area (Å²) in [7, 11) is -5.08. The summed E-state index contributed by atoms with van der Waals surface area (Å²) in [6.45, 7) is 3.86. The highest BCUT2D eigenvalue weighted by Gasteiger charge is 2.51. The van der Waals surface area contributed by atoms with Crippen molar-refractivity contribution in [2.45, 2.75) is 281 Å². The van der Waals surface area contributed by atoms with E-state index in [4.69, 9.17) is 9.05 Å². The highest BCUT2D eigenvalue weighted by atomic mass is 31.2. The summed E-state index contributed by atoms with van der Waals surface area (Å²) in [5, 5.41) is 64.1. The van der Waals surface area contributed by atoms with E-state index in [-0.39, 0.29) is 12.3 Å². The molecule has 0 spiro atoms. The van der Waals surface area contributed by atoms with E-state index >= 15 is 0 Å². The Morgan fingerprint density at radius 2 is 0.869 bits per heavy atom. The maximum absolute atomic E-state index is 13.0. The quantitative estimate of drug-likeness (QED) is 0.0164. The van der Waals surface area contributed by atoms with Crippen LogP contribution in [-0.2, 0) is 18.4 Å². The number of amides is 1. The van der Waals surface area contributed by atoms with E-state index in [1.165, 1.54) is 167 Å². The van der Waals surface area contributed by atoms with Gasteiger partial charge in [-0.15, -0.1) is 0 Å². The molecular weight excluding hydrogens is 797 g/mol. The second kappa shape index (κ2) is 38.4. The maximum atomic E-state index is 13.0. The van der Waals surface area contributed by atoms with E-state index in [0.717, 1.165) is 44.9 Å². The van der Waals surface area contributed by atoms with E-state index in [1.54, 1.807) is 0 Å². The fourth-order valence-electron chi connectivity index (χ4n) is 8.20. The van der Waals surface area contributed by atoms with Crippen molar-refractivity contribution >= 4 is 13.7 Å². The molecule has 0 heterocycles. The number of aliphatic hydroxyl groups excluding tert-OH is 6. The van der Waals surface area contributed by atoms with Crippen LogP contribution in [0.1, 0.15) is 232 Å². The van der Waals surface area contributed by atoms with Gasteiger partial charge in [0.2, 0.25) is 5.91 Å². The number of hydrogen-bond acceptors (Lipinski definition) is 10. The normalized spacial score (nSPS) is 22.7. The van der Waals surface area contributed by atoms with Crippen LogP contribution in [0.5, 0.6) is 0 Å². The third-order valence-corrected chi connectivity index (χ3v) is 13.3. The number of unbranched alkanes of at least 4 members (excludes halogenated alkanes) is 31. The lowest BCUT2D eigenvalue weighted by atomic mass is 9.85. The van der Waals surface area contributed by atoms with Gasteiger partial charge in [-0.1, -0.05) is 219 Å². The zero-order valence-electron chi connectivity index (χ0n) is 38.7. The number of aliphatic hydroxyl groups is 6. The van der Waals surface area contributed by atoms with Gasteiger partial charge in [0.1, 0.15) is 36.6 Å². The lowest BCUT2D eigenvalue weighted by Gasteiger charge is -2.41. The highest BCUT2D eigenvalue weighted by Crippen LogP contribution is 2.47. The largest absolute Gasteiger partial charge is 0.472 e. The zero-order chi connectivity index (χ0) is 45.0. The Morgan fingerprint density at radius 1 is 0.541 bits per heavy atom. The number of phosphoric acid groups is 1. The molecule has 1 rings (SSSR count). The third kappa shape index (κ3) is 30.0. The maximum Gasteiger partial charge on any atom is 0.472 e. The average Bonchev–Trinajstić information content (AvgIpc) is 3.24. The van der Waals surface area contributed by atoms with Crippen molar-refractivity contribution in [3.05, 3.63) is 12.2 Å². The summed E-state index contributed by atoms with van der Waals surface area (Å²) in [5.74, 6) is -0.337. The van der Waals surface area contributed by atoms with Crippen molar-refractivity contribution in [2.75, 3.05) is 6.61 Å². The summed E-state index contributed by atoms with van der Waals surface area (Å²) in [6, 6.07) is -1.11. The van der Waals surface area contributed by atoms with Crippen LogP contribution in [-0.4, -0.2) is 96.8 Å². The molecule has 1 amide bonds. The SMILES string of the molecule is CCCCCCCCCCCCCC/C=C/[C@@H](O)[C@H](COP(=O)(O)OC1C(O)C(O)C(O)[C@@H](O)C1O)NC(=O)CCCCCCCCCCCCCCCCCCCCCC. The lowest BCUT2D eigenvalue weighted by molar-refractivity contribution is -0.220. The number of hydrogen-bond donors (Lipinski definition) is 8. The Balaban J connectivity index is 2.42.